The van der Waals surface area contributed by atoms with Crippen molar-refractivity contribution in [2.75, 3.05) is 61.5 Å². The molecule has 0 radical (unpaired) electrons. The quantitative estimate of drug-likeness (QED) is 0.00607. The number of aliphatic hydroxyl groups excluding tert-OH is 1. The minimum atomic E-state index is -5.80. The number of nitrogens with one attached hydrogen (secondary N) is 3. The molecule has 0 spiro atoms. The Morgan fingerprint density at radius 3 is 2.29 bits per heavy atom. The van der Waals surface area contributed by atoms with Crippen molar-refractivity contribution in [3.8, 4) is 11.8 Å². The number of aromatic nitrogens is 3. The average Bonchev–Trinajstić information content (AvgIpc) is 1.63. The number of aliphatic hydroxyl groups is 1. The SMILES string of the molecule is CCN1/C(=C/C=C/C=C/C2=[N+](CCCCCC(=O)NCCSSCCOC(=O)NCC#Cc3cn([C@H]4C[C@H](O)[C@@H](COP(=O)(O)OP(=O)(O)OP(=O)(O)O)O4)c4nc(=O)[nH]c(N)c34)c3ccc(S(=O)(=O)O)cc3C2(C)C)C(C)(C)c2cc(S(=O)(=O)O)ccc21. The Labute approximate surface area is 519 Å². The van der Waals surface area contributed by atoms with Crippen LogP contribution in [-0.2, 0) is 72.2 Å². The maximum Gasteiger partial charge on any atom is 0.490 e. The zero-order valence-electron chi connectivity index (χ0n) is 48.4. The molecule has 1 saturated heterocycles. The number of nitrogens with zero attached hydrogens (tertiary/aromatic N) is 4. The van der Waals surface area contributed by atoms with E-state index in [1.165, 1.54) is 56.6 Å². The van der Waals surface area contributed by atoms with Crippen molar-refractivity contribution in [2.24, 2.45) is 0 Å². The second kappa shape index (κ2) is 29.0. The number of allylic oxidation sites excluding steroid dienone is 6. The van der Waals surface area contributed by atoms with E-state index < -0.39 is 91.4 Å². The van der Waals surface area contributed by atoms with E-state index in [-0.39, 0.29) is 57.7 Å². The van der Waals surface area contributed by atoms with Crippen LogP contribution in [0.4, 0.5) is 22.0 Å². The smallest absolute Gasteiger partial charge is 0.449 e. The predicted molar refractivity (Wildman–Crippen MR) is 329 cm³/mol. The first-order valence-corrected chi connectivity index (χ1v) is 37.1. The number of unbranched alkanes of at least 4 members (excludes halogenated alkanes) is 2. The summed E-state index contributed by atoms with van der Waals surface area (Å²) in [5.74, 6) is 6.32. The van der Waals surface area contributed by atoms with E-state index >= 15 is 0 Å². The Kier molecular flexibility index (Phi) is 23.1. The fourth-order valence-electron chi connectivity index (χ4n) is 10.2. The molecule has 89 heavy (non-hydrogen) atoms. The number of alkyl carbamates (subject to hydrolysis) is 1. The van der Waals surface area contributed by atoms with Crippen LogP contribution in [0.15, 0.2) is 93.3 Å². The minimum absolute atomic E-state index is 0.0393. The highest BCUT2D eigenvalue weighted by Gasteiger charge is 2.46. The number of nitrogen functional groups attached to an aromatic ring is 1. The number of ether oxygens (including phenoxy) is 2. The second-order valence-corrected chi connectivity index (χ2v) is 31.1. The van der Waals surface area contributed by atoms with Crippen molar-refractivity contribution in [1.82, 2.24) is 25.2 Å². The number of nitrogens with two attached hydrogens (primary N) is 1. The molecule has 2 unspecified atom stereocenters. The van der Waals surface area contributed by atoms with Crippen LogP contribution in [0.1, 0.15) is 89.6 Å². The molecule has 5 heterocycles. The first kappa shape index (κ1) is 70.9. The number of hydrogen-bond donors (Lipinski definition) is 11. The monoisotopic (exact) mass is 1380 g/mol. The van der Waals surface area contributed by atoms with Gasteiger partial charge in [0.25, 0.3) is 20.2 Å². The van der Waals surface area contributed by atoms with Crippen LogP contribution in [0, 0.1) is 11.8 Å². The Morgan fingerprint density at radius 2 is 1.61 bits per heavy atom. The van der Waals surface area contributed by atoms with E-state index in [0.717, 1.165) is 40.3 Å². The van der Waals surface area contributed by atoms with Crippen molar-refractivity contribution >= 4 is 111 Å². The van der Waals surface area contributed by atoms with Crippen LogP contribution >= 0.6 is 45.1 Å². The third kappa shape index (κ3) is 18.4. The molecule has 30 nitrogen and oxygen atoms in total. The molecular formula is C52H68N8O22P3S4+. The maximum atomic E-state index is 12.7. The lowest BCUT2D eigenvalue weighted by atomic mass is 9.81. The summed E-state index contributed by atoms with van der Waals surface area (Å²) < 4.78 is 129. The van der Waals surface area contributed by atoms with Gasteiger partial charge in [0.2, 0.25) is 11.6 Å². The lowest BCUT2D eigenvalue weighted by Crippen LogP contribution is -2.28. The largest absolute Gasteiger partial charge is 0.490 e. The molecule has 12 N–H and O–H groups in total. The fourth-order valence-corrected chi connectivity index (χ4v) is 16.0. The van der Waals surface area contributed by atoms with Crippen LogP contribution < -0.4 is 27.0 Å². The molecule has 0 aliphatic carbocycles. The van der Waals surface area contributed by atoms with Crippen LogP contribution in [-0.4, -0.2) is 151 Å². The van der Waals surface area contributed by atoms with E-state index in [4.69, 9.17) is 25.0 Å². The van der Waals surface area contributed by atoms with Gasteiger partial charge < -0.3 is 60.0 Å². The van der Waals surface area contributed by atoms with Crippen LogP contribution in [0.3, 0.4) is 0 Å². The lowest BCUT2D eigenvalue weighted by molar-refractivity contribution is -0.438. The summed E-state index contributed by atoms with van der Waals surface area (Å²) in [6, 6.07) is 9.15. The summed E-state index contributed by atoms with van der Waals surface area (Å²) in [6.45, 7) is 10.4. The number of anilines is 2. The molecule has 7 rings (SSSR count). The van der Waals surface area contributed by atoms with Crippen molar-refractivity contribution in [1.29, 1.82) is 0 Å². The van der Waals surface area contributed by atoms with Crippen molar-refractivity contribution in [3.63, 3.8) is 0 Å². The topological polar surface area (TPSA) is 448 Å². The van der Waals surface area contributed by atoms with E-state index in [2.05, 4.69) is 55.1 Å². The zero-order chi connectivity index (χ0) is 65.5. The maximum absolute atomic E-state index is 12.7. The molecular weight excluding hydrogens is 1310 g/mol. The van der Waals surface area contributed by atoms with Gasteiger partial charge in [-0.05, 0) is 75.6 Å². The second-order valence-electron chi connectivity index (χ2n) is 21.2. The predicted octanol–water partition coefficient (Wildman–Crippen LogP) is 5.82. The molecule has 4 aromatic rings. The fraction of sp³-hybridized carbons (Fsp3) is 0.442. The van der Waals surface area contributed by atoms with Crippen molar-refractivity contribution < 1.29 is 101 Å². The highest BCUT2D eigenvalue weighted by atomic mass is 33.1. The van der Waals surface area contributed by atoms with Gasteiger partial charge in [-0.15, -0.1) is 0 Å². The Bertz CT molecular complexity index is 4010. The van der Waals surface area contributed by atoms with E-state index in [9.17, 15) is 68.9 Å². The molecule has 0 saturated carbocycles. The van der Waals surface area contributed by atoms with E-state index in [1.54, 1.807) is 12.1 Å². The molecule has 0 bridgehead atoms. The van der Waals surface area contributed by atoms with Gasteiger partial charge in [0.05, 0.1) is 45.4 Å². The van der Waals surface area contributed by atoms with Gasteiger partial charge in [-0.3, -0.25) is 23.4 Å². The molecule has 2 aromatic heterocycles. The van der Waals surface area contributed by atoms with Gasteiger partial charge >= 0.3 is 35.3 Å². The number of amides is 2. The summed E-state index contributed by atoms with van der Waals surface area (Å²) in [6.07, 6.45) is 8.41. The third-order valence-electron chi connectivity index (χ3n) is 14.2. The van der Waals surface area contributed by atoms with E-state index in [1.807, 2.05) is 65.0 Å². The number of phosphoric ester groups is 1. The summed E-state index contributed by atoms with van der Waals surface area (Å²) in [5.41, 5.74) is 9.13. The first-order valence-electron chi connectivity index (χ1n) is 27.2. The summed E-state index contributed by atoms with van der Waals surface area (Å²) in [5, 5.41) is 16.2. The number of fused-ring (bicyclic) bond motifs is 3. The molecule has 2 aromatic carbocycles. The van der Waals surface area contributed by atoms with Crippen LogP contribution in [0.5, 0.6) is 0 Å². The standard InChI is InChI=1S/C52H67N8O22P3S4/c1-6-58-38-20-18-34(88(72,73)74)28-36(38)51(2,3)42(58)15-9-7-10-16-43-52(4,5)37-29-35(89(75,76)77)19-21-39(37)59(43)24-12-8-11-17-44(62)54-23-26-86-87-27-25-78-50(64)55-22-13-14-33-31-60(48-46(33)47(53)56-49(63)57-48)45-30-40(61)41(80-45)32-79-84(68,69)82-85(70,71)81-83(65,66)67/h7,9-10,15-16,18-21,28-29,31,40-41,45,61H,6,8,11-12,17,22-27,30,32H2,1-5H3,(H10-,53,54,55,56,57,62,63,64,65,66,67,68,69,70,71,72,73,74,75,76,77)/p+1/t40-,41+,45+/m0/s1. The normalized spacial score (nSPS) is 20.0. The number of likely N-dealkylation sites (N-methyl/N-ethyl adjacent to an activating group) is 1. The number of carbonyl (C=O) groups excluding carboxylic acids is 2. The number of phosphoric acid groups is 3. The number of rotatable bonds is 28. The highest BCUT2D eigenvalue weighted by Crippen LogP contribution is 2.66. The Morgan fingerprint density at radius 1 is 0.921 bits per heavy atom. The van der Waals surface area contributed by atoms with E-state index in [0.29, 0.717) is 50.4 Å². The van der Waals surface area contributed by atoms with Gasteiger partial charge in [0.1, 0.15) is 31.3 Å². The van der Waals surface area contributed by atoms with Gasteiger partial charge in [-0.2, -0.15) is 35.0 Å². The minimum Gasteiger partial charge on any atom is -0.449 e. The number of benzene rings is 2. The average molecular weight is 1380 g/mol. The van der Waals surface area contributed by atoms with Gasteiger partial charge in [-0.25, -0.2) is 23.3 Å². The third-order valence-corrected chi connectivity index (χ3v) is 22.1. The molecule has 37 heteroatoms. The Balaban J connectivity index is 0.820. The number of carbonyl (C=O) groups is 2. The number of H-pyrrole nitrogens is 1. The number of aromatic amines is 1. The van der Waals surface area contributed by atoms with Gasteiger partial charge in [-0.1, -0.05) is 65.5 Å². The molecule has 2 amide bonds. The molecule has 1 fully saturated rings. The summed E-state index contributed by atoms with van der Waals surface area (Å²) >= 11 is 0. The molecule has 486 valence electrons. The van der Waals surface area contributed by atoms with Crippen molar-refractivity contribution in [3.05, 3.63) is 106 Å². The molecule has 3 aliphatic rings. The lowest BCUT2D eigenvalue weighted by Gasteiger charge is -2.25. The molecule has 5 atom stereocenters. The number of hydrogen-bond acceptors (Lipinski definition) is 21. The summed E-state index contributed by atoms with van der Waals surface area (Å²) in [7, 11) is -22.9. The van der Waals surface area contributed by atoms with Gasteiger partial charge in [0.15, 0.2) is 11.4 Å². The van der Waals surface area contributed by atoms with Crippen LogP contribution in [0.25, 0.3) is 11.0 Å². The highest BCUT2D eigenvalue weighted by molar-refractivity contribution is 8.76. The van der Waals surface area contributed by atoms with Gasteiger partial charge in [0, 0.05) is 84.6 Å². The first-order chi connectivity index (χ1) is 41.5. The van der Waals surface area contributed by atoms with Crippen molar-refractivity contribution in [2.45, 2.75) is 106 Å². The zero-order valence-corrected chi connectivity index (χ0v) is 54.4. The van der Waals surface area contributed by atoms with Crippen LogP contribution in [0.2, 0.25) is 0 Å². The Hall–Kier alpha value is -5.50. The summed E-state index contributed by atoms with van der Waals surface area (Å²) in [4.78, 5) is 82.1. The molecule has 3 aliphatic heterocycles.